The van der Waals surface area contributed by atoms with Crippen LogP contribution in [0, 0.1) is 0 Å². The number of ether oxygens (including phenoxy) is 1. The van der Waals surface area contributed by atoms with Gasteiger partial charge in [0.1, 0.15) is 5.75 Å². The van der Waals surface area contributed by atoms with Crippen LogP contribution in [0.3, 0.4) is 0 Å². The molecule has 1 amide bonds. The normalized spacial score (nSPS) is 10.5. The molecule has 3 aromatic carbocycles. The Morgan fingerprint density at radius 2 is 1.61 bits per heavy atom. The first kappa shape index (κ1) is 15.1. The molecule has 3 heteroatoms. The Kier molecular flexibility index (Phi) is 4.57. The monoisotopic (exact) mass is 305 g/mol. The van der Waals surface area contributed by atoms with E-state index in [9.17, 15) is 4.79 Å². The van der Waals surface area contributed by atoms with Crippen LogP contribution in [0.1, 0.15) is 11.1 Å². The molecule has 0 spiro atoms. The molecule has 0 aromatic heterocycles. The highest BCUT2D eigenvalue weighted by molar-refractivity contribution is 5.85. The summed E-state index contributed by atoms with van der Waals surface area (Å²) in [4.78, 5) is 12.1. The van der Waals surface area contributed by atoms with Gasteiger partial charge in [0.25, 0.3) is 0 Å². The summed E-state index contributed by atoms with van der Waals surface area (Å²) in [7, 11) is 1.64. The standard InChI is InChI=1S/C20H19NO2/c1-23-19-10-7-15(8-11-19)14-21-20(22)13-16-6-9-17-4-2-3-5-18(17)12-16/h2-12H,13-14H2,1H3,(H,21,22). The van der Waals surface area contributed by atoms with E-state index in [4.69, 9.17) is 4.74 Å². The van der Waals surface area contributed by atoms with Crippen molar-refractivity contribution in [3.8, 4) is 5.75 Å². The Morgan fingerprint density at radius 1 is 0.913 bits per heavy atom. The molecule has 1 N–H and O–H groups in total. The van der Waals surface area contributed by atoms with Crippen molar-refractivity contribution in [2.24, 2.45) is 0 Å². The van der Waals surface area contributed by atoms with E-state index in [1.165, 1.54) is 5.39 Å². The van der Waals surface area contributed by atoms with E-state index in [2.05, 4.69) is 29.6 Å². The molecule has 3 nitrogen and oxygen atoms in total. The van der Waals surface area contributed by atoms with Crippen molar-refractivity contribution in [2.75, 3.05) is 7.11 Å². The van der Waals surface area contributed by atoms with Gasteiger partial charge in [-0.3, -0.25) is 4.79 Å². The Balaban J connectivity index is 1.59. The second-order valence-corrected chi connectivity index (χ2v) is 5.48. The zero-order valence-corrected chi connectivity index (χ0v) is 13.1. The van der Waals surface area contributed by atoms with E-state index >= 15 is 0 Å². The van der Waals surface area contributed by atoms with Crippen molar-refractivity contribution in [1.29, 1.82) is 0 Å². The topological polar surface area (TPSA) is 38.3 Å². The maximum absolute atomic E-state index is 12.1. The predicted octanol–water partition coefficient (Wildman–Crippen LogP) is 3.71. The van der Waals surface area contributed by atoms with Gasteiger partial charge in [0.05, 0.1) is 13.5 Å². The van der Waals surface area contributed by atoms with Crippen LogP contribution in [0.25, 0.3) is 10.8 Å². The Labute approximate surface area is 135 Å². The summed E-state index contributed by atoms with van der Waals surface area (Å²) in [6.07, 6.45) is 0.390. The first-order valence-corrected chi connectivity index (χ1v) is 7.62. The van der Waals surface area contributed by atoms with Gasteiger partial charge < -0.3 is 10.1 Å². The zero-order chi connectivity index (χ0) is 16.1. The lowest BCUT2D eigenvalue weighted by Crippen LogP contribution is -2.24. The van der Waals surface area contributed by atoms with Crippen molar-refractivity contribution in [2.45, 2.75) is 13.0 Å². The van der Waals surface area contributed by atoms with E-state index in [0.29, 0.717) is 13.0 Å². The molecule has 0 unspecified atom stereocenters. The highest BCUT2D eigenvalue weighted by Gasteiger charge is 2.04. The fraction of sp³-hybridized carbons (Fsp3) is 0.150. The van der Waals surface area contributed by atoms with Crippen LogP contribution in [0.5, 0.6) is 5.75 Å². The third kappa shape index (κ3) is 3.89. The highest BCUT2D eigenvalue weighted by Crippen LogP contribution is 2.16. The fourth-order valence-electron chi connectivity index (χ4n) is 2.54. The number of rotatable bonds is 5. The first-order chi connectivity index (χ1) is 11.2. The smallest absolute Gasteiger partial charge is 0.224 e. The third-order valence-electron chi connectivity index (χ3n) is 3.83. The molecule has 3 rings (SSSR count). The van der Waals surface area contributed by atoms with Gasteiger partial charge in [-0.1, -0.05) is 54.6 Å². The molecule has 0 saturated heterocycles. The summed E-state index contributed by atoms with van der Waals surface area (Å²) in [6.45, 7) is 0.524. The van der Waals surface area contributed by atoms with Gasteiger partial charge in [0.2, 0.25) is 5.91 Å². The lowest BCUT2D eigenvalue weighted by molar-refractivity contribution is -0.120. The molecule has 3 aromatic rings. The highest BCUT2D eigenvalue weighted by atomic mass is 16.5. The summed E-state index contributed by atoms with van der Waals surface area (Å²) in [6, 6.07) is 22.0. The quantitative estimate of drug-likeness (QED) is 0.780. The zero-order valence-electron chi connectivity index (χ0n) is 13.1. The SMILES string of the molecule is COc1ccc(CNC(=O)Cc2ccc3ccccc3c2)cc1. The molecule has 0 heterocycles. The predicted molar refractivity (Wildman–Crippen MR) is 92.5 cm³/mol. The van der Waals surface area contributed by atoms with E-state index in [0.717, 1.165) is 22.3 Å². The van der Waals surface area contributed by atoms with Gasteiger partial charge in [0, 0.05) is 6.54 Å². The number of methoxy groups -OCH3 is 1. The van der Waals surface area contributed by atoms with Crippen molar-refractivity contribution in [3.05, 3.63) is 77.9 Å². The number of fused-ring (bicyclic) bond motifs is 1. The van der Waals surface area contributed by atoms with E-state index in [1.807, 2.05) is 42.5 Å². The van der Waals surface area contributed by atoms with Gasteiger partial charge in [-0.2, -0.15) is 0 Å². The maximum Gasteiger partial charge on any atom is 0.224 e. The van der Waals surface area contributed by atoms with Crippen molar-refractivity contribution < 1.29 is 9.53 Å². The number of carbonyl (C=O) groups excluding carboxylic acids is 1. The van der Waals surface area contributed by atoms with E-state index in [-0.39, 0.29) is 5.91 Å². The van der Waals surface area contributed by atoms with Crippen molar-refractivity contribution >= 4 is 16.7 Å². The average Bonchev–Trinajstić information content (AvgIpc) is 2.60. The molecule has 0 fully saturated rings. The number of hydrogen-bond acceptors (Lipinski definition) is 2. The Morgan fingerprint density at radius 3 is 2.35 bits per heavy atom. The molecular formula is C20H19NO2. The van der Waals surface area contributed by atoms with Crippen LogP contribution >= 0.6 is 0 Å². The molecule has 0 aliphatic heterocycles. The van der Waals surface area contributed by atoms with E-state index in [1.54, 1.807) is 7.11 Å². The summed E-state index contributed by atoms with van der Waals surface area (Å²) in [5.41, 5.74) is 2.08. The Hall–Kier alpha value is -2.81. The minimum absolute atomic E-state index is 0.0242. The molecule has 0 saturated carbocycles. The van der Waals surface area contributed by atoms with Crippen LogP contribution in [-0.4, -0.2) is 13.0 Å². The molecule has 23 heavy (non-hydrogen) atoms. The van der Waals surface area contributed by atoms with Gasteiger partial charge in [-0.05, 0) is 34.0 Å². The second kappa shape index (κ2) is 6.97. The lowest BCUT2D eigenvalue weighted by atomic mass is 10.0. The molecule has 0 aliphatic carbocycles. The Bertz CT molecular complexity index is 809. The minimum Gasteiger partial charge on any atom is -0.497 e. The number of hydrogen-bond donors (Lipinski definition) is 1. The van der Waals surface area contributed by atoms with Gasteiger partial charge >= 0.3 is 0 Å². The van der Waals surface area contributed by atoms with E-state index < -0.39 is 0 Å². The number of nitrogens with one attached hydrogen (secondary N) is 1. The van der Waals surface area contributed by atoms with Crippen LogP contribution in [0.15, 0.2) is 66.7 Å². The first-order valence-electron chi connectivity index (χ1n) is 7.62. The molecular weight excluding hydrogens is 286 g/mol. The summed E-state index contributed by atoms with van der Waals surface area (Å²) >= 11 is 0. The molecule has 0 aliphatic rings. The average molecular weight is 305 g/mol. The van der Waals surface area contributed by atoms with Crippen LogP contribution in [0.2, 0.25) is 0 Å². The molecule has 0 atom stereocenters. The fourth-order valence-corrected chi connectivity index (χ4v) is 2.54. The van der Waals surface area contributed by atoms with Gasteiger partial charge in [-0.15, -0.1) is 0 Å². The summed E-state index contributed by atoms with van der Waals surface area (Å²) in [5.74, 6) is 0.840. The number of benzene rings is 3. The second-order valence-electron chi connectivity index (χ2n) is 5.48. The largest absolute Gasteiger partial charge is 0.497 e. The maximum atomic E-state index is 12.1. The van der Waals surface area contributed by atoms with Crippen molar-refractivity contribution in [1.82, 2.24) is 5.32 Å². The molecule has 0 bridgehead atoms. The van der Waals surface area contributed by atoms with Crippen molar-refractivity contribution in [3.63, 3.8) is 0 Å². The van der Waals surface area contributed by atoms with Gasteiger partial charge in [0.15, 0.2) is 0 Å². The number of amides is 1. The lowest BCUT2D eigenvalue weighted by Gasteiger charge is -2.07. The summed E-state index contributed by atoms with van der Waals surface area (Å²) in [5, 5.41) is 5.30. The number of carbonyl (C=O) groups is 1. The van der Waals surface area contributed by atoms with Crippen LogP contribution in [-0.2, 0) is 17.8 Å². The minimum atomic E-state index is 0.0242. The third-order valence-corrected chi connectivity index (χ3v) is 3.83. The van der Waals surface area contributed by atoms with Gasteiger partial charge in [-0.25, -0.2) is 0 Å². The van der Waals surface area contributed by atoms with Crippen LogP contribution < -0.4 is 10.1 Å². The molecule has 0 radical (unpaired) electrons. The van der Waals surface area contributed by atoms with Crippen LogP contribution in [0.4, 0.5) is 0 Å². The molecule has 116 valence electrons. The summed E-state index contributed by atoms with van der Waals surface area (Å²) < 4.78 is 5.12.